The maximum atomic E-state index is 12.0. The third-order valence-electron chi connectivity index (χ3n) is 3.93. The minimum absolute atomic E-state index is 0.0644. The molecule has 0 aromatic carbocycles. The molecule has 84 valence electrons. The number of hydrogen-bond donors (Lipinski definition) is 0. The molecular weight excluding hydrogens is 208 g/mol. The van der Waals surface area contributed by atoms with E-state index in [0.717, 1.165) is 0 Å². The number of fused-ring (bicyclic) bond motifs is 5. The van der Waals surface area contributed by atoms with Crippen LogP contribution in [0.1, 0.15) is 13.3 Å². The van der Waals surface area contributed by atoms with Crippen molar-refractivity contribution in [3.8, 4) is 0 Å². The molecule has 0 amide bonds. The highest BCUT2D eigenvalue weighted by Crippen LogP contribution is 2.52. The van der Waals surface area contributed by atoms with Gasteiger partial charge in [-0.05, 0) is 12.3 Å². The largest absolute Gasteiger partial charge is 0.455 e. The van der Waals surface area contributed by atoms with Gasteiger partial charge in [0.05, 0.1) is 0 Å². The first-order chi connectivity index (χ1) is 7.59. The van der Waals surface area contributed by atoms with Crippen LogP contribution in [-0.4, -0.2) is 23.6 Å². The van der Waals surface area contributed by atoms with E-state index >= 15 is 0 Å². The molecule has 4 heteroatoms. The van der Waals surface area contributed by atoms with Crippen LogP contribution in [0.5, 0.6) is 0 Å². The van der Waals surface area contributed by atoms with E-state index in [1.807, 2.05) is 12.2 Å². The van der Waals surface area contributed by atoms with Gasteiger partial charge in [0, 0.05) is 24.7 Å². The molecule has 4 nitrogen and oxygen atoms in total. The Morgan fingerprint density at radius 1 is 1.25 bits per heavy atom. The average Bonchev–Trinajstić information content (AvgIpc) is 2.79. The maximum absolute atomic E-state index is 12.0. The molecule has 0 radical (unpaired) electrons. The van der Waals surface area contributed by atoms with Gasteiger partial charge in [-0.1, -0.05) is 12.2 Å². The fourth-order valence-electron chi connectivity index (χ4n) is 3.36. The molecule has 2 bridgehead atoms. The summed E-state index contributed by atoms with van der Waals surface area (Å²) in [5.74, 6) is -0.839. The van der Waals surface area contributed by atoms with Crippen LogP contribution in [0.15, 0.2) is 12.2 Å². The Morgan fingerprint density at radius 2 is 1.94 bits per heavy atom. The van der Waals surface area contributed by atoms with Gasteiger partial charge in [-0.15, -0.1) is 0 Å². The predicted molar refractivity (Wildman–Crippen MR) is 53.3 cm³/mol. The van der Waals surface area contributed by atoms with E-state index in [1.54, 1.807) is 0 Å². The second kappa shape index (κ2) is 3.03. The van der Waals surface area contributed by atoms with Gasteiger partial charge >= 0.3 is 5.97 Å². The molecule has 0 N–H and O–H groups in total. The van der Waals surface area contributed by atoms with Crippen molar-refractivity contribution in [2.75, 3.05) is 0 Å². The zero-order valence-electron chi connectivity index (χ0n) is 8.88. The third kappa shape index (κ3) is 1.07. The van der Waals surface area contributed by atoms with Gasteiger partial charge < -0.3 is 4.74 Å². The topological polar surface area (TPSA) is 60.4 Å². The number of carbonyl (C=O) groups is 3. The van der Waals surface area contributed by atoms with Gasteiger partial charge in [-0.25, -0.2) is 0 Å². The summed E-state index contributed by atoms with van der Waals surface area (Å²) < 4.78 is 4.99. The summed E-state index contributed by atoms with van der Waals surface area (Å²) in [7, 11) is 0. The van der Waals surface area contributed by atoms with Crippen LogP contribution in [0.4, 0.5) is 0 Å². The summed E-state index contributed by atoms with van der Waals surface area (Å²) in [4.78, 5) is 34.6. The molecule has 3 aliphatic carbocycles. The van der Waals surface area contributed by atoms with Crippen LogP contribution in [0, 0.1) is 23.7 Å². The number of esters is 1. The molecule has 0 aliphatic heterocycles. The van der Waals surface area contributed by atoms with Crippen molar-refractivity contribution in [2.45, 2.75) is 19.4 Å². The zero-order chi connectivity index (χ0) is 11.4. The summed E-state index contributed by atoms with van der Waals surface area (Å²) in [6, 6.07) is 0. The Labute approximate surface area is 92.6 Å². The molecular formula is C12H12O4. The van der Waals surface area contributed by atoms with E-state index in [4.69, 9.17) is 4.74 Å². The first kappa shape index (κ1) is 9.75. The van der Waals surface area contributed by atoms with Crippen LogP contribution < -0.4 is 0 Å². The Kier molecular flexibility index (Phi) is 1.85. The molecule has 3 aliphatic rings. The van der Waals surface area contributed by atoms with E-state index in [-0.39, 0.29) is 35.2 Å². The van der Waals surface area contributed by atoms with Crippen LogP contribution in [0.25, 0.3) is 0 Å². The van der Waals surface area contributed by atoms with E-state index in [1.165, 1.54) is 6.92 Å². The van der Waals surface area contributed by atoms with Crippen molar-refractivity contribution in [1.29, 1.82) is 0 Å². The lowest BCUT2D eigenvalue weighted by Gasteiger charge is -2.15. The summed E-state index contributed by atoms with van der Waals surface area (Å²) in [6.45, 7) is 1.30. The Bertz CT molecular complexity index is 423. The lowest BCUT2D eigenvalue weighted by atomic mass is 9.86. The number of hydrogen-bond acceptors (Lipinski definition) is 4. The molecule has 0 aromatic heterocycles. The molecule has 0 saturated heterocycles. The first-order valence-corrected chi connectivity index (χ1v) is 5.52. The van der Waals surface area contributed by atoms with Crippen molar-refractivity contribution < 1.29 is 19.1 Å². The molecule has 0 unspecified atom stereocenters. The number of ketones is 2. The Balaban J connectivity index is 1.86. The van der Waals surface area contributed by atoms with Crippen LogP contribution in [0.3, 0.4) is 0 Å². The lowest BCUT2D eigenvalue weighted by molar-refractivity contribution is -0.152. The molecule has 0 spiro atoms. The Morgan fingerprint density at radius 3 is 2.56 bits per heavy atom. The minimum Gasteiger partial charge on any atom is -0.455 e. The quantitative estimate of drug-likeness (QED) is 0.477. The van der Waals surface area contributed by atoms with Gasteiger partial charge in [0.15, 0.2) is 11.9 Å². The van der Waals surface area contributed by atoms with Crippen LogP contribution >= 0.6 is 0 Å². The van der Waals surface area contributed by atoms with Gasteiger partial charge in [0.25, 0.3) is 0 Å². The number of Topliss-reactive ketones (excluding diaryl/α,β-unsaturated/α-hetero) is 2. The molecule has 2 fully saturated rings. The van der Waals surface area contributed by atoms with Crippen molar-refractivity contribution >= 4 is 17.5 Å². The highest BCUT2D eigenvalue weighted by atomic mass is 16.5. The van der Waals surface area contributed by atoms with E-state index < -0.39 is 12.1 Å². The fraction of sp³-hybridized carbons (Fsp3) is 0.583. The number of ether oxygens (including phenoxy) is 1. The average molecular weight is 220 g/mol. The summed E-state index contributed by atoms with van der Waals surface area (Å²) in [6.07, 6.45) is 3.63. The number of rotatable bonds is 1. The summed E-state index contributed by atoms with van der Waals surface area (Å²) in [5.41, 5.74) is 0. The van der Waals surface area contributed by atoms with E-state index in [0.29, 0.717) is 6.42 Å². The number of allylic oxidation sites excluding steroid dienone is 2. The molecule has 0 heterocycles. The van der Waals surface area contributed by atoms with Crippen LogP contribution in [-0.2, 0) is 19.1 Å². The normalized spacial score (nSPS) is 43.9. The molecule has 3 rings (SSSR count). The highest BCUT2D eigenvalue weighted by molar-refractivity contribution is 6.02. The van der Waals surface area contributed by atoms with Crippen molar-refractivity contribution in [3.63, 3.8) is 0 Å². The van der Waals surface area contributed by atoms with Crippen molar-refractivity contribution in [2.24, 2.45) is 23.7 Å². The van der Waals surface area contributed by atoms with Crippen molar-refractivity contribution in [3.05, 3.63) is 12.2 Å². The molecule has 16 heavy (non-hydrogen) atoms. The first-order valence-electron chi connectivity index (χ1n) is 5.52. The standard InChI is InChI=1S/C12H12O4/c1-5(13)16-9-4-8-6-2-3-7(11(6)14)10(8)12(9)15/h2-3,6-10H,4H2,1H3/t6-,7+,8+,9-,10-/m0/s1. The Hall–Kier alpha value is -1.45. The summed E-state index contributed by atoms with van der Waals surface area (Å²) >= 11 is 0. The van der Waals surface area contributed by atoms with Gasteiger partial charge in [-0.2, -0.15) is 0 Å². The predicted octanol–water partition coefficient (Wildman–Crippen LogP) is 0.508. The van der Waals surface area contributed by atoms with Gasteiger partial charge in [-0.3, -0.25) is 14.4 Å². The molecule has 2 saturated carbocycles. The maximum Gasteiger partial charge on any atom is 0.303 e. The van der Waals surface area contributed by atoms with Gasteiger partial charge in [0.1, 0.15) is 5.78 Å². The lowest BCUT2D eigenvalue weighted by Crippen LogP contribution is -2.28. The fourth-order valence-corrected chi connectivity index (χ4v) is 3.36. The number of carbonyl (C=O) groups excluding carboxylic acids is 3. The monoisotopic (exact) mass is 220 g/mol. The smallest absolute Gasteiger partial charge is 0.303 e. The van der Waals surface area contributed by atoms with E-state index in [9.17, 15) is 14.4 Å². The van der Waals surface area contributed by atoms with E-state index in [2.05, 4.69) is 0 Å². The van der Waals surface area contributed by atoms with Crippen LogP contribution in [0.2, 0.25) is 0 Å². The third-order valence-corrected chi connectivity index (χ3v) is 3.93. The molecule has 0 aromatic rings. The van der Waals surface area contributed by atoms with Gasteiger partial charge in [0.2, 0.25) is 0 Å². The second-order valence-corrected chi connectivity index (χ2v) is 4.76. The van der Waals surface area contributed by atoms with Crippen molar-refractivity contribution in [1.82, 2.24) is 0 Å². The molecule has 5 atom stereocenters. The SMILES string of the molecule is CC(=O)O[C@H]1C[C@H]2[C@@H](C1=O)[C@H]1C=C[C@@H]2C1=O. The minimum atomic E-state index is -0.620. The highest BCUT2D eigenvalue weighted by Gasteiger charge is 2.60. The summed E-state index contributed by atoms with van der Waals surface area (Å²) in [5, 5.41) is 0. The second-order valence-electron chi connectivity index (χ2n) is 4.76. The zero-order valence-corrected chi connectivity index (χ0v) is 8.88.